The second kappa shape index (κ2) is 9.11. The third kappa shape index (κ3) is 4.98. The summed E-state index contributed by atoms with van der Waals surface area (Å²) in [6.45, 7) is 2.19. The molecule has 1 N–H and O–H groups in total. The van der Waals surface area contributed by atoms with E-state index in [1.165, 1.54) is 29.5 Å². The maximum atomic E-state index is 13.0. The highest BCUT2D eigenvalue weighted by Gasteiger charge is 2.33. The Bertz CT molecular complexity index is 1090. The molecule has 0 aliphatic carbocycles. The molecular formula is C21H20F3N5O2S. The van der Waals surface area contributed by atoms with E-state index in [2.05, 4.69) is 20.2 Å². The van der Waals surface area contributed by atoms with Crippen LogP contribution in [0, 0.1) is 0 Å². The zero-order valence-electron chi connectivity index (χ0n) is 16.9. The number of piperazine rings is 1. The first-order chi connectivity index (χ1) is 15.3. The van der Waals surface area contributed by atoms with Crippen LogP contribution in [0.4, 0.5) is 24.0 Å². The first-order valence-electron chi connectivity index (χ1n) is 10.0. The second-order valence-corrected chi connectivity index (χ2v) is 8.24. The molecule has 1 aliphatic heterocycles. The summed E-state index contributed by atoms with van der Waals surface area (Å²) in [4.78, 5) is 38.1. The highest BCUT2D eigenvalue weighted by Crippen LogP contribution is 2.34. The number of thiazole rings is 1. The Balaban J connectivity index is 1.27. The predicted octanol–water partition coefficient (Wildman–Crippen LogP) is 3.78. The molecular weight excluding hydrogens is 443 g/mol. The topological polar surface area (TPSA) is 78.4 Å². The zero-order valence-corrected chi connectivity index (χ0v) is 17.7. The second-order valence-electron chi connectivity index (χ2n) is 7.28. The van der Waals surface area contributed by atoms with Gasteiger partial charge in [-0.05, 0) is 24.3 Å². The van der Waals surface area contributed by atoms with Gasteiger partial charge in [0.1, 0.15) is 10.3 Å². The van der Waals surface area contributed by atoms with Crippen molar-refractivity contribution in [2.24, 2.45) is 0 Å². The Hall–Kier alpha value is -3.21. The van der Waals surface area contributed by atoms with E-state index in [9.17, 15) is 22.8 Å². The van der Waals surface area contributed by atoms with E-state index in [-0.39, 0.29) is 24.4 Å². The molecule has 0 atom stereocenters. The molecule has 2 amide bonds. The highest BCUT2D eigenvalue weighted by atomic mass is 32.1. The van der Waals surface area contributed by atoms with Gasteiger partial charge in [0.15, 0.2) is 5.13 Å². The van der Waals surface area contributed by atoms with Crippen molar-refractivity contribution in [1.29, 1.82) is 0 Å². The fourth-order valence-electron chi connectivity index (χ4n) is 3.47. The number of pyridine rings is 1. The van der Waals surface area contributed by atoms with E-state index in [0.717, 1.165) is 21.5 Å². The van der Waals surface area contributed by atoms with E-state index < -0.39 is 17.6 Å². The summed E-state index contributed by atoms with van der Waals surface area (Å²) in [6.07, 6.45) is -3.10. The number of nitrogens with zero attached hydrogens (tertiary/aromatic N) is 4. The molecule has 1 saturated heterocycles. The van der Waals surface area contributed by atoms with Crippen molar-refractivity contribution in [2.45, 2.75) is 19.0 Å². The summed E-state index contributed by atoms with van der Waals surface area (Å²) in [5.74, 6) is -0.828. The van der Waals surface area contributed by atoms with Gasteiger partial charge in [0.2, 0.25) is 11.8 Å². The summed E-state index contributed by atoms with van der Waals surface area (Å²) in [7, 11) is 0. The third-order valence-corrected chi connectivity index (χ3v) is 6.17. The number of para-hydroxylation sites is 1. The molecule has 3 aromatic rings. The molecule has 1 aromatic carbocycles. The van der Waals surface area contributed by atoms with Gasteiger partial charge in [0.25, 0.3) is 0 Å². The summed E-state index contributed by atoms with van der Waals surface area (Å²) in [5, 5.41) is 3.12. The van der Waals surface area contributed by atoms with Crippen molar-refractivity contribution >= 4 is 44.3 Å². The number of carbonyl (C=O) groups is 2. The molecule has 0 spiro atoms. The molecule has 0 radical (unpaired) electrons. The monoisotopic (exact) mass is 463 g/mol. The Morgan fingerprint density at radius 3 is 2.50 bits per heavy atom. The van der Waals surface area contributed by atoms with Crippen molar-refractivity contribution in [1.82, 2.24) is 14.9 Å². The van der Waals surface area contributed by atoms with E-state index in [4.69, 9.17) is 0 Å². The third-order valence-electron chi connectivity index (χ3n) is 5.13. The lowest BCUT2D eigenvalue weighted by molar-refractivity contribution is -0.137. The predicted molar refractivity (Wildman–Crippen MR) is 116 cm³/mol. The van der Waals surface area contributed by atoms with Gasteiger partial charge in [-0.25, -0.2) is 9.97 Å². The Labute approximate surface area is 185 Å². The van der Waals surface area contributed by atoms with E-state index >= 15 is 0 Å². The molecule has 0 bridgehead atoms. The maximum Gasteiger partial charge on any atom is 0.418 e. The van der Waals surface area contributed by atoms with Crippen molar-refractivity contribution in [2.75, 3.05) is 36.4 Å². The van der Waals surface area contributed by atoms with Gasteiger partial charge in [-0.3, -0.25) is 9.59 Å². The zero-order chi connectivity index (χ0) is 22.7. The Kier molecular flexibility index (Phi) is 6.26. The van der Waals surface area contributed by atoms with Crippen LogP contribution >= 0.6 is 11.3 Å². The van der Waals surface area contributed by atoms with Gasteiger partial charge < -0.3 is 15.1 Å². The number of amides is 2. The van der Waals surface area contributed by atoms with Crippen molar-refractivity contribution in [3.63, 3.8) is 0 Å². The first-order valence-corrected chi connectivity index (χ1v) is 10.8. The molecule has 32 heavy (non-hydrogen) atoms. The van der Waals surface area contributed by atoms with Crippen LogP contribution in [0.25, 0.3) is 10.3 Å². The molecule has 3 heterocycles. The van der Waals surface area contributed by atoms with Crippen LogP contribution in [0.2, 0.25) is 0 Å². The smallest absolute Gasteiger partial charge is 0.344 e. The number of benzene rings is 1. The normalized spacial score (nSPS) is 14.6. The number of aromatic nitrogens is 2. The summed E-state index contributed by atoms with van der Waals surface area (Å²) in [5.41, 5.74) is -0.388. The van der Waals surface area contributed by atoms with Crippen LogP contribution in [0.15, 0.2) is 42.6 Å². The fraction of sp³-hybridized carbons (Fsp3) is 0.333. The van der Waals surface area contributed by atoms with E-state index in [1.54, 1.807) is 11.1 Å². The summed E-state index contributed by atoms with van der Waals surface area (Å²) >= 11 is 1.50. The average Bonchev–Trinajstić information content (AvgIpc) is 3.21. The van der Waals surface area contributed by atoms with Crippen LogP contribution in [0.3, 0.4) is 0 Å². The SMILES string of the molecule is O=C(CCC(=O)N1CCN(c2nc3cccnc3s2)CC1)Nc1ccccc1C(F)(F)F. The first kappa shape index (κ1) is 22.0. The molecule has 0 saturated carbocycles. The van der Waals surface area contributed by atoms with Gasteiger partial charge in [-0.1, -0.05) is 23.5 Å². The highest BCUT2D eigenvalue weighted by molar-refractivity contribution is 7.21. The summed E-state index contributed by atoms with van der Waals surface area (Å²) in [6, 6.07) is 8.51. The number of nitrogens with one attached hydrogen (secondary N) is 1. The molecule has 11 heteroatoms. The molecule has 1 aliphatic rings. The minimum atomic E-state index is -4.57. The van der Waals surface area contributed by atoms with Crippen LogP contribution in [0.1, 0.15) is 18.4 Å². The van der Waals surface area contributed by atoms with Crippen molar-refractivity contribution < 1.29 is 22.8 Å². The Morgan fingerprint density at radius 1 is 1.03 bits per heavy atom. The number of hydrogen-bond donors (Lipinski definition) is 1. The number of alkyl halides is 3. The van der Waals surface area contributed by atoms with Gasteiger partial charge in [0, 0.05) is 45.2 Å². The standard InChI is InChI=1S/C21H20F3N5O2S/c22-21(23,24)14-4-1-2-5-15(14)26-17(30)7-8-18(31)28-10-12-29(13-11-28)20-27-16-6-3-9-25-19(16)32-20/h1-6,9H,7-8,10-13H2,(H,26,30). The molecule has 168 valence electrons. The van der Waals surface area contributed by atoms with Crippen molar-refractivity contribution in [3.8, 4) is 0 Å². The number of hydrogen-bond acceptors (Lipinski definition) is 6. The molecule has 0 unspecified atom stereocenters. The number of carbonyl (C=O) groups excluding carboxylic acids is 2. The molecule has 7 nitrogen and oxygen atoms in total. The largest absolute Gasteiger partial charge is 0.418 e. The molecule has 1 fully saturated rings. The van der Waals surface area contributed by atoms with Gasteiger partial charge in [0.05, 0.1) is 11.3 Å². The van der Waals surface area contributed by atoms with Crippen LogP contribution in [0.5, 0.6) is 0 Å². The van der Waals surface area contributed by atoms with Crippen LogP contribution in [-0.2, 0) is 15.8 Å². The number of halogens is 3. The molecule has 4 rings (SSSR count). The van der Waals surface area contributed by atoms with E-state index in [1.807, 2.05) is 12.1 Å². The average molecular weight is 463 g/mol. The van der Waals surface area contributed by atoms with Gasteiger partial charge >= 0.3 is 6.18 Å². The lowest BCUT2D eigenvalue weighted by Gasteiger charge is -2.34. The minimum Gasteiger partial charge on any atom is -0.344 e. The van der Waals surface area contributed by atoms with Gasteiger partial charge in [-0.15, -0.1) is 0 Å². The van der Waals surface area contributed by atoms with Gasteiger partial charge in [-0.2, -0.15) is 13.2 Å². The number of fused-ring (bicyclic) bond motifs is 1. The summed E-state index contributed by atoms with van der Waals surface area (Å²) < 4.78 is 39.1. The van der Waals surface area contributed by atoms with Crippen molar-refractivity contribution in [3.05, 3.63) is 48.2 Å². The lowest BCUT2D eigenvalue weighted by atomic mass is 10.1. The maximum absolute atomic E-state index is 13.0. The number of anilines is 2. The Morgan fingerprint density at radius 2 is 1.78 bits per heavy atom. The molecule has 2 aromatic heterocycles. The number of rotatable bonds is 5. The van der Waals surface area contributed by atoms with Crippen LogP contribution < -0.4 is 10.2 Å². The van der Waals surface area contributed by atoms with Crippen LogP contribution in [-0.4, -0.2) is 52.9 Å². The lowest BCUT2D eigenvalue weighted by Crippen LogP contribution is -2.48. The minimum absolute atomic E-state index is 0.0644. The van der Waals surface area contributed by atoms with E-state index in [0.29, 0.717) is 26.2 Å². The quantitative estimate of drug-likeness (QED) is 0.623. The fourth-order valence-corrected chi connectivity index (χ4v) is 4.43.